The van der Waals surface area contributed by atoms with Crippen molar-refractivity contribution in [1.29, 1.82) is 0 Å². The van der Waals surface area contributed by atoms with E-state index in [4.69, 9.17) is 5.11 Å². The van der Waals surface area contributed by atoms with E-state index in [1.807, 2.05) is 11.6 Å². The van der Waals surface area contributed by atoms with Crippen molar-refractivity contribution >= 4 is 23.7 Å². The maximum absolute atomic E-state index is 10.7. The minimum absolute atomic E-state index is 0.0111. The summed E-state index contributed by atoms with van der Waals surface area (Å²) >= 11 is 1.23. The van der Waals surface area contributed by atoms with Crippen LogP contribution in [0.15, 0.2) is 5.16 Å². The number of carboxylic acid groups (broad SMARTS) is 1. The van der Waals surface area contributed by atoms with E-state index in [0.29, 0.717) is 5.16 Å². The second-order valence-corrected chi connectivity index (χ2v) is 6.90. The minimum Gasteiger partial charge on any atom is -0.481 e. The minimum atomic E-state index is -0.834. The highest BCUT2D eigenvalue weighted by atomic mass is 32.2. The van der Waals surface area contributed by atoms with Gasteiger partial charge in [0.15, 0.2) is 5.16 Å². The van der Waals surface area contributed by atoms with Gasteiger partial charge in [0.05, 0.1) is 5.75 Å². The summed E-state index contributed by atoms with van der Waals surface area (Å²) in [5.74, 6) is 0.753. The molecule has 6 nitrogen and oxygen atoms in total. The normalized spacial score (nSPS) is 15.8. The second kappa shape index (κ2) is 7.15. The Morgan fingerprint density at radius 3 is 2.67 bits per heavy atom. The summed E-state index contributed by atoms with van der Waals surface area (Å²) in [6, 6.07) is 0.206. The van der Waals surface area contributed by atoms with Crippen LogP contribution in [0.3, 0.4) is 0 Å². The highest BCUT2D eigenvalue weighted by molar-refractivity contribution is 7.99. The van der Waals surface area contributed by atoms with Crippen LogP contribution in [-0.4, -0.2) is 45.2 Å². The Labute approximate surface area is 129 Å². The molecule has 1 aliphatic carbocycles. The molecule has 1 aliphatic rings. The smallest absolute Gasteiger partial charge is 0.313 e. The lowest BCUT2D eigenvalue weighted by atomic mass is 10.1. The van der Waals surface area contributed by atoms with Crippen LogP contribution in [0.25, 0.3) is 0 Å². The van der Waals surface area contributed by atoms with Gasteiger partial charge in [0, 0.05) is 19.6 Å². The Morgan fingerprint density at radius 1 is 1.43 bits per heavy atom. The van der Waals surface area contributed by atoms with Crippen molar-refractivity contribution in [3.63, 3.8) is 0 Å². The molecule has 0 radical (unpaired) electrons. The van der Waals surface area contributed by atoms with Gasteiger partial charge in [-0.15, -0.1) is 10.2 Å². The third kappa shape index (κ3) is 4.12. The summed E-state index contributed by atoms with van der Waals surface area (Å²) in [7, 11) is 2.05. The molecule has 1 heterocycles. The second-order valence-electron chi connectivity index (χ2n) is 5.96. The van der Waals surface area contributed by atoms with Crippen LogP contribution in [-0.2, 0) is 4.79 Å². The van der Waals surface area contributed by atoms with Crippen molar-refractivity contribution in [3.05, 3.63) is 0 Å². The Morgan fingerprint density at radius 2 is 2.10 bits per heavy atom. The summed E-state index contributed by atoms with van der Waals surface area (Å²) in [6.07, 6.45) is 5.24. The van der Waals surface area contributed by atoms with E-state index in [-0.39, 0.29) is 11.8 Å². The maximum atomic E-state index is 10.7. The van der Waals surface area contributed by atoms with E-state index in [2.05, 4.69) is 28.9 Å². The van der Waals surface area contributed by atoms with Crippen molar-refractivity contribution in [2.24, 2.45) is 5.92 Å². The zero-order chi connectivity index (χ0) is 15.4. The van der Waals surface area contributed by atoms with E-state index in [0.717, 1.165) is 18.4 Å². The highest BCUT2D eigenvalue weighted by Gasteiger charge is 2.22. The molecule has 7 heteroatoms. The number of aromatic nitrogens is 3. The molecule has 2 rings (SSSR count). The third-order valence-corrected chi connectivity index (χ3v) is 4.76. The van der Waals surface area contributed by atoms with Crippen molar-refractivity contribution in [1.82, 2.24) is 14.8 Å². The van der Waals surface area contributed by atoms with E-state index in [9.17, 15) is 4.79 Å². The molecule has 1 fully saturated rings. The van der Waals surface area contributed by atoms with E-state index in [1.165, 1.54) is 37.4 Å². The van der Waals surface area contributed by atoms with Gasteiger partial charge in [-0.25, -0.2) is 0 Å². The highest BCUT2D eigenvalue weighted by Crippen LogP contribution is 2.29. The fourth-order valence-corrected chi connectivity index (χ4v) is 3.65. The van der Waals surface area contributed by atoms with E-state index >= 15 is 0 Å². The van der Waals surface area contributed by atoms with Gasteiger partial charge in [-0.2, -0.15) is 0 Å². The molecule has 0 aromatic carbocycles. The molecule has 1 saturated carbocycles. The molecule has 1 aromatic rings. The van der Waals surface area contributed by atoms with Gasteiger partial charge < -0.3 is 10.0 Å². The van der Waals surface area contributed by atoms with E-state index in [1.54, 1.807) is 0 Å². The first-order valence-electron chi connectivity index (χ1n) is 7.49. The zero-order valence-electron chi connectivity index (χ0n) is 12.9. The number of nitrogens with zero attached hydrogens (tertiary/aromatic N) is 4. The molecular weight excluding hydrogens is 288 g/mol. The number of hydrogen-bond acceptors (Lipinski definition) is 5. The SMILES string of the molecule is CC(C)n1c(SCC(=O)O)nnc1N(C)CC1CCCC1. The van der Waals surface area contributed by atoms with Gasteiger partial charge in [-0.05, 0) is 32.6 Å². The van der Waals surface area contributed by atoms with Gasteiger partial charge in [-0.1, -0.05) is 24.6 Å². The summed E-state index contributed by atoms with van der Waals surface area (Å²) in [5, 5.41) is 18.0. The first kappa shape index (κ1) is 16.1. The maximum Gasteiger partial charge on any atom is 0.313 e. The van der Waals surface area contributed by atoms with Crippen LogP contribution < -0.4 is 4.90 Å². The molecule has 1 aromatic heterocycles. The van der Waals surface area contributed by atoms with Crippen molar-refractivity contribution in [2.45, 2.75) is 50.7 Å². The van der Waals surface area contributed by atoms with Crippen molar-refractivity contribution in [2.75, 3.05) is 24.2 Å². The quantitative estimate of drug-likeness (QED) is 0.781. The Kier molecular flexibility index (Phi) is 5.50. The number of rotatable bonds is 7. The average Bonchev–Trinajstić information content (AvgIpc) is 3.04. The fourth-order valence-electron chi connectivity index (χ4n) is 2.87. The van der Waals surface area contributed by atoms with Crippen LogP contribution in [0.2, 0.25) is 0 Å². The molecule has 0 unspecified atom stereocenters. The molecule has 0 amide bonds. The number of carbonyl (C=O) groups is 1. The average molecular weight is 312 g/mol. The number of hydrogen-bond donors (Lipinski definition) is 1. The predicted octanol–water partition coefficient (Wildman–Crippen LogP) is 2.66. The number of aliphatic carboxylic acids is 1. The molecule has 0 atom stereocenters. The molecule has 0 bridgehead atoms. The predicted molar refractivity (Wildman–Crippen MR) is 84.0 cm³/mol. The summed E-state index contributed by atoms with van der Waals surface area (Å²) < 4.78 is 2.03. The van der Waals surface area contributed by atoms with Crippen LogP contribution >= 0.6 is 11.8 Å². The molecular formula is C14H24N4O2S. The first-order chi connectivity index (χ1) is 9.99. The fraction of sp³-hybridized carbons (Fsp3) is 0.786. The van der Waals surface area contributed by atoms with Crippen molar-refractivity contribution < 1.29 is 9.90 Å². The third-order valence-electron chi connectivity index (χ3n) is 3.84. The molecule has 118 valence electrons. The number of thioether (sulfide) groups is 1. The summed E-state index contributed by atoms with van der Waals surface area (Å²) in [5.41, 5.74) is 0. The van der Waals surface area contributed by atoms with Crippen LogP contribution in [0.5, 0.6) is 0 Å². The van der Waals surface area contributed by atoms with Crippen molar-refractivity contribution in [3.8, 4) is 0 Å². The van der Waals surface area contributed by atoms with Crippen LogP contribution in [0.1, 0.15) is 45.6 Å². The molecule has 0 spiro atoms. The van der Waals surface area contributed by atoms with Crippen LogP contribution in [0, 0.1) is 5.92 Å². The Balaban J connectivity index is 2.11. The number of carboxylic acids is 1. The monoisotopic (exact) mass is 312 g/mol. The standard InChI is InChI=1S/C14H24N4O2S/c1-10(2)18-13(15-16-14(18)21-9-12(19)20)17(3)8-11-6-4-5-7-11/h10-11H,4-9H2,1-3H3,(H,19,20). The van der Waals surface area contributed by atoms with Gasteiger partial charge >= 0.3 is 5.97 Å². The van der Waals surface area contributed by atoms with Gasteiger partial charge in [-0.3, -0.25) is 9.36 Å². The lowest BCUT2D eigenvalue weighted by Crippen LogP contribution is -2.27. The lowest BCUT2D eigenvalue weighted by molar-refractivity contribution is -0.133. The topological polar surface area (TPSA) is 71.2 Å². The van der Waals surface area contributed by atoms with E-state index < -0.39 is 5.97 Å². The van der Waals surface area contributed by atoms with Gasteiger partial charge in [0.2, 0.25) is 5.95 Å². The molecule has 0 aliphatic heterocycles. The Hall–Kier alpha value is -1.24. The lowest BCUT2D eigenvalue weighted by Gasteiger charge is -2.24. The largest absolute Gasteiger partial charge is 0.481 e. The first-order valence-corrected chi connectivity index (χ1v) is 8.48. The number of anilines is 1. The molecule has 1 N–H and O–H groups in total. The van der Waals surface area contributed by atoms with Crippen LogP contribution in [0.4, 0.5) is 5.95 Å². The van der Waals surface area contributed by atoms with Gasteiger partial charge in [0.25, 0.3) is 0 Å². The zero-order valence-corrected chi connectivity index (χ0v) is 13.8. The summed E-state index contributed by atoms with van der Waals surface area (Å²) in [6.45, 7) is 5.14. The Bertz CT molecular complexity index is 483. The molecule has 0 saturated heterocycles. The summed E-state index contributed by atoms with van der Waals surface area (Å²) in [4.78, 5) is 12.9. The van der Waals surface area contributed by atoms with Gasteiger partial charge in [0.1, 0.15) is 0 Å². The molecule has 21 heavy (non-hydrogen) atoms.